The van der Waals surface area contributed by atoms with Crippen LogP contribution in [-0.2, 0) is 0 Å². The summed E-state index contributed by atoms with van der Waals surface area (Å²) in [6, 6.07) is 17.3. The van der Waals surface area contributed by atoms with Crippen molar-refractivity contribution in [2.45, 2.75) is 0 Å². The molecule has 30 heavy (non-hydrogen) atoms. The lowest BCUT2D eigenvalue weighted by molar-refractivity contribution is 0.0920. The number of halogens is 1. The van der Waals surface area contributed by atoms with E-state index in [0.717, 1.165) is 5.56 Å². The zero-order valence-corrected chi connectivity index (χ0v) is 16.1. The molecule has 5 nitrogen and oxygen atoms in total. The van der Waals surface area contributed by atoms with E-state index in [-0.39, 0.29) is 23.9 Å². The van der Waals surface area contributed by atoms with Gasteiger partial charge >= 0.3 is 0 Å². The van der Waals surface area contributed by atoms with Crippen LogP contribution in [0.2, 0.25) is 0 Å². The Kier molecular flexibility index (Phi) is 5.30. The van der Waals surface area contributed by atoms with Gasteiger partial charge in [0.1, 0.15) is 23.1 Å². The molecule has 0 N–H and O–H groups in total. The van der Waals surface area contributed by atoms with E-state index in [1.807, 2.05) is 18.2 Å². The number of Topliss-reactive ketones (excluding diaryl/α,β-unsaturated/α-hetero) is 2. The number of hydrogen-bond donors (Lipinski definition) is 0. The number of ether oxygens (including phenoxy) is 3. The molecule has 0 saturated carbocycles. The molecule has 3 aromatic carbocycles. The number of benzene rings is 3. The molecule has 0 spiro atoms. The van der Waals surface area contributed by atoms with Crippen molar-refractivity contribution in [3.05, 3.63) is 95.0 Å². The van der Waals surface area contributed by atoms with Crippen LogP contribution in [0.15, 0.2) is 72.5 Å². The molecule has 1 aliphatic rings. The second kappa shape index (κ2) is 8.21. The number of hydrogen-bond acceptors (Lipinski definition) is 5. The number of rotatable bonds is 6. The van der Waals surface area contributed by atoms with E-state index in [4.69, 9.17) is 14.2 Å². The summed E-state index contributed by atoms with van der Waals surface area (Å²) < 4.78 is 29.5. The second-order valence-electron chi connectivity index (χ2n) is 6.56. The first-order valence-electron chi connectivity index (χ1n) is 9.18. The Balaban J connectivity index is 1.49. The fourth-order valence-electron chi connectivity index (χ4n) is 3.05. The van der Waals surface area contributed by atoms with Gasteiger partial charge in [0, 0.05) is 17.2 Å². The number of carbonyl (C=O) groups excluding carboxylic acids is 2. The van der Waals surface area contributed by atoms with E-state index in [2.05, 4.69) is 0 Å². The monoisotopic (exact) mass is 404 g/mol. The number of carbonyl (C=O) groups is 2. The Bertz CT molecular complexity index is 1150. The predicted molar refractivity (Wildman–Crippen MR) is 109 cm³/mol. The van der Waals surface area contributed by atoms with Gasteiger partial charge in [-0.25, -0.2) is 4.39 Å². The highest BCUT2D eigenvalue weighted by Gasteiger charge is 2.28. The highest BCUT2D eigenvalue weighted by atomic mass is 19.1. The van der Waals surface area contributed by atoms with E-state index in [1.165, 1.54) is 24.3 Å². The third kappa shape index (κ3) is 3.93. The summed E-state index contributed by atoms with van der Waals surface area (Å²) in [6.07, 6.45) is 1.62. The molecule has 0 fully saturated rings. The van der Waals surface area contributed by atoms with Gasteiger partial charge in [0.05, 0.1) is 12.7 Å². The molecule has 150 valence electrons. The largest absolute Gasteiger partial charge is 0.496 e. The van der Waals surface area contributed by atoms with Crippen LogP contribution in [0.25, 0.3) is 6.08 Å². The Morgan fingerprint density at radius 1 is 1.07 bits per heavy atom. The van der Waals surface area contributed by atoms with Crippen LogP contribution in [0.4, 0.5) is 4.39 Å². The van der Waals surface area contributed by atoms with E-state index in [9.17, 15) is 14.0 Å². The van der Waals surface area contributed by atoms with E-state index in [1.54, 1.807) is 37.5 Å². The lowest BCUT2D eigenvalue weighted by Crippen LogP contribution is -2.11. The van der Waals surface area contributed by atoms with Crippen molar-refractivity contribution in [2.75, 3.05) is 13.7 Å². The maximum absolute atomic E-state index is 13.0. The Morgan fingerprint density at radius 2 is 1.83 bits per heavy atom. The smallest absolute Gasteiger partial charge is 0.231 e. The zero-order valence-electron chi connectivity index (χ0n) is 16.1. The Labute approximate surface area is 172 Å². The van der Waals surface area contributed by atoms with Crippen molar-refractivity contribution in [3.63, 3.8) is 0 Å². The molecule has 0 saturated heterocycles. The van der Waals surface area contributed by atoms with E-state index in [0.29, 0.717) is 28.4 Å². The van der Waals surface area contributed by atoms with Gasteiger partial charge in [0.15, 0.2) is 18.1 Å². The molecular formula is C24H17FO5. The van der Waals surface area contributed by atoms with Crippen LogP contribution in [0, 0.1) is 5.82 Å². The molecule has 0 atom stereocenters. The lowest BCUT2D eigenvalue weighted by Gasteiger charge is -2.07. The van der Waals surface area contributed by atoms with Crippen molar-refractivity contribution in [3.8, 4) is 17.2 Å². The molecule has 4 rings (SSSR count). The highest BCUT2D eigenvalue weighted by Crippen LogP contribution is 2.35. The van der Waals surface area contributed by atoms with E-state index < -0.39 is 5.82 Å². The second-order valence-corrected chi connectivity index (χ2v) is 6.56. The number of fused-ring (bicyclic) bond motifs is 1. The SMILES string of the molecule is COc1ccccc1C=C1Oc2cc(OCC(=O)c3ccc(F)cc3)ccc2C1=O. The van der Waals surface area contributed by atoms with Gasteiger partial charge in [0.2, 0.25) is 5.78 Å². The number of para-hydroxylation sites is 1. The van der Waals surface area contributed by atoms with Gasteiger partial charge in [-0.3, -0.25) is 9.59 Å². The minimum Gasteiger partial charge on any atom is -0.496 e. The van der Waals surface area contributed by atoms with Crippen molar-refractivity contribution in [2.24, 2.45) is 0 Å². The van der Waals surface area contributed by atoms with Crippen molar-refractivity contribution in [1.82, 2.24) is 0 Å². The molecule has 0 radical (unpaired) electrons. The minimum absolute atomic E-state index is 0.175. The number of methoxy groups -OCH3 is 1. The average Bonchev–Trinajstić information content (AvgIpc) is 3.07. The van der Waals surface area contributed by atoms with Crippen LogP contribution < -0.4 is 14.2 Å². The van der Waals surface area contributed by atoms with Crippen LogP contribution in [0.1, 0.15) is 26.3 Å². The van der Waals surface area contributed by atoms with Crippen LogP contribution in [-0.4, -0.2) is 25.3 Å². The summed E-state index contributed by atoms with van der Waals surface area (Å²) in [5.41, 5.74) is 1.48. The van der Waals surface area contributed by atoms with Gasteiger partial charge in [-0.2, -0.15) is 0 Å². The van der Waals surface area contributed by atoms with Crippen LogP contribution in [0.3, 0.4) is 0 Å². The van der Waals surface area contributed by atoms with Crippen LogP contribution >= 0.6 is 0 Å². The first-order valence-corrected chi connectivity index (χ1v) is 9.18. The molecule has 0 unspecified atom stereocenters. The van der Waals surface area contributed by atoms with Crippen molar-refractivity contribution >= 4 is 17.6 Å². The summed E-state index contributed by atoms with van der Waals surface area (Å²) >= 11 is 0. The topological polar surface area (TPSA) is 61.8 Å². The lowest BCUT2D eigenvalue weighted by atomic mass is 10.1. The normalized spacial score (nSPS) is 13.7. The van der Waals surface area contributed by atoms with Gasteiger partial charge in [-0.1, -0.05) is 18.2 Å². The minimum atomic E-state index is -0.412. The Morgan fingerprint density at radius 3 is 2.60 bits per heavy atom. The van der Waals surface area contributed by atoms with Crippen molar-refractivity contribution in [1.29, 1.82) is 0 Å². The first kappa shape index (κ1) is 19.4. The summed E-state index contributed by atoms with van der Waals surface area (Å²) in [6.45, 7) is -0.220. The summed E-state index contributed by atoms with van der Waals surface area (Å²) in [5, 5.41) is 0. The number of ketones is 2. The zero-order chi connectivity index (χ0) is 21.1. The van der Waals surface area contributed by atoms with Gasteiger partial charge in [0.25, 0.3) is 0 Å². The summed E-state index contributed by atoms with van der Waals surface area (Å²) in [7, 11) is 1.56. The predicted octanol–water partition coefficient (Wildman–Crippen LogP) is 4.71. The molecular weight excluding hydrogens is 387 g/mol. The molecule has 1 heterocycles. The van der Waals surface area contributed by atoms with Crippen molar-refractivity contribution < 1.29 is 28.2 Å². The van der Waals surface area contributed by atoms with E-state index >= 15 is 0 Å². The maximum atomic E-state index is 13.0. The quantitative estimate of drug-likeness (QED) is 0.440. The molecule has 1 aliphatic heterocycles. The third-order valence-electron chi connectivity index (χ3n) is 4.60. The summed E-state index contributed by atoms with van der Waals surface area (Å²) in [5.74, 6) is 0.595. The first-order chi connectivity index (χ1) is 14.5. The molecule has 0 aromatic heterocycles. The van der Waals surface area contributed by atoms with Gasteiger partial charge in [-0.15, -0.1) is 0 Å². The van der Waals surface area contributed by atoms with Crippen LogP contribution in [0.5, 0.6) is 17.2 Å². The molecule has 0 aliphatic carbocycles. The average molecular weight is 404 g/mol. The fraction of sp³-hybridized carbons (Fsp3) is 0.0833. The summed E-state index contributed by atoms with van der Waals surface area (Å²) in [4.78, 5) is 24.8. The Hall–Kier alpha value is -3.93. The third-order valence-corrected chi connectivity index (χ3v) is 4.60. The standard InChI is InChI=1S/C24H17FO5/c1-28-21-5-3-2-4-16(21)12-23-24(27)19-11-10-18(13-22(19)30-23)29-14-20(26)15-6-8-17(25)9-7-15/h2-13H,14H2,1H3. The van der Waals surface area contributed by atoms with Gasteiger partial charge in [-0.05, 0) is 48.5 Å². The highest BCUT2D eigenvalue weighted by molar-refractivity contribution is 6.14. The molecule has 0 amide bonds. The van der Waals surface area contributed by atoms with Gasteiger partial charge < -0.3 is 14.2 Å². The number of allylic oxidation sites excluding steroid dienone is 1. The molecule has 6 heteroatoms. The molecule has 0 bridgehead atoms. The fourth-order valence-corrected chi connectivity index (χ4v) is 3.05. The maximum Gasteiger partial charge on any atom is 0.231 e. The molecule has 3 aromatic rings.